The second-order valence-corrected chi connectivity index (χ2v) is 12.8. The van der Waals surface area contributed by atoms with Gasteiger partial charge in [0.05, 0.1) is 30.0 Å². The Bertz CT molecular complexity index is 1380. The van der Waals surface area contributed by atoms with Crippen LogP contribution in [0.5, 0.6) is 0 Å². The van der Waals surface area contributed by atoms with Crippen LogP contribution in [0.25, 0.3) is 0 Å². The van der Waals surface area contributed by atoms with Gasteiger partial charge in [0.1, 0.15) is 10.6 Å². The Hall–Kier alpha value is -3.46. The Kier molecular flexibility index (Phi) is 10.5. The van der Waals surface area contributed by atoms with E-state index in [1.54, 1.807) is 64.0 Å². The molecule has 41 heavy (non-hydrogen) atoms. The van der Waals surface area contributed by atoms with Gasteiger partial charge in [0.25, 0.3) is 15.7 Å². The summed E-state index contributed by atoms with van der Waals surface area (Å²) in [7, 11) is -1.00. The number of nitrogens with zero attached hydrogens (tertiary/aromatic N) is 5. The first-order chi connectivity index (χ1) is 19.2. The number of carbonyl (C=O) groups is 1. The molecule has 0 saturated carbocycles. The third-order valence-corrected chi connectivity index (χ3v) is 8.12. The number of amides is 1. The summed E-state index contributed by atoms with van der Waals surface area (Å²) in [5.74, 6) is 0. The third kappa shape index (κ3) is 8.52. The Labute approximate surface area is 245 Å². The predicted molar refractivity (Wildman–Crippen MR) is 158 cm³/mol. The van der Waals surface area contributed by atoms with Crippen molar-refractivity contribution in [2.45, 2.75) is 62.8 Å². The standard InChI is InChI=1S/C27H35N5O7S2/c1-27(2,3)39-26(33)30-17-21(15-16-23(30)25(40)28-19-29(4)5)32(38-18-20-11-7-6-8-12-20)41(36,37)24-14-10-9-13-22(24)31(34)35/h6-14,19,21,23H,15-18H2,1-5H3/t21-,23+/m1/s1. The number of likely N-dealkylation sites (tertiary alicyclic amines) is 1. The summed E-state index contributed by atoms with van der Waals surface area (Å²) in [6.45, 7) is 4.89. The number of para-hydroxylation sites is 1. The number of ether oxygens (including phenoxy) is 1. The van der Waals surface area contributed by atoms with E-state index < -0.39 is 49.3 Å². The van der Waals surface area contributed by atoms with E-state index in [9.17, 15) is 23.3 Å². The SMILES string of the molecule is CN(C)C=NC(=S)[C@@H]1CC[C@@H](N(OCc2ccccc2)S(=O)(=O)c2ccccc2[N+](=O)[O-])CN1C(=O)OC(C)(C)C. The highest BCUT2D eigenvalue weighted by atomic mass is 32.2. The molecule has 3 rings (SSSR count). The Balaban J connectivity index is 2.03. The smallest absolute Gasteiger partial charge is 0.410 e. The van der Waals surface area contributed by atoms with Crippen LogP contribution in [0.3, 0.4) is 0 Å². The van der Waals surface area contributed by atoms with Gasteiger partial charge in [-0.3, -0.25) is 19.9 Å². The fourth-order valence-electron chi connectivity index (χ4n) is 4.17. The minimum absolute atomic E-state index is 0.126. The second kappa shape index (κ2) is 13.5. The van der Waals surface area contributed by atoms with Crippen molar-refractivity contribution in [3.63, 3.8) is 0 Å². The van der Waals surface area contributed by atoms with Crippen molar-refractivity contribution >= 4 is 45.3 Å². The third-order valence-electron chi connectivity index (χ3n) is 5.96. The van der Waals surface area contributed by atoms with E-state index in [4.69, 9.17) is 21.8 Å². The summed E-state index contributed by atoms with van der Waals surface area (Å²) in [5, 5.41) is 11.7. The zero-order valence-electron chi connectivity index (χ0n) is 23.7. The molecule has 0 N–H and O–H groups in total. The molecule has 0 unspecified atom stereocenters. The predicted octanol–water partition coefficient (Wildman–Crippen LogP) is 4.40. The number of carbonyl (C=O) groups excluding carboxylic acids is 1. The lowest BCUT2D eigenvalue weighted by Crippen LogP contribution is -2.57. The molecular formula is C27H35N5O7S2. The average molecular weight is 606 g/mol. The van der Waals surface area contributed by atoms with E-state index in [0.29, 0.717) is 5.56 Å². The lowest BCUT2D eigenvalue weighted by Gasteiger charge is -2.42. The number of sulfonamides is 1. The van der Waals surface area contributed by atoms with Gasteiger partial charge < -0.3 is 9.64 Å². The van der Waals surface area contributed by atoms with Crippen LogP contribution in [0.1, 0.15) is 39.2 Å². The van der Waals surface area contributed by atoms with Gasteiger partial charge in [0, 0.05) is 26.7 Å². The van der Waals surface area contributed by atoms with Crippen molar-refractivity contribution in [3.8, 4) is 0 Å². The van der Waals surface area contributed by atoms with E-state index in [-0.39, 0.29) is 31.0 Å². The van der Waals surface area contributed by atoms with E-state index in [0.717, 1.165) is 16.6 Å². The second-order valence-electron chi connectivity index (χ2n) is 10.7. The highest BCUT2D eigenvalue weighted by Crippen LogP contribution is 2.32. The molecule has 0 aliphatic carbocycles. The molecule has 2 atom stereocenters. The molecule has 222 valence electrons. The molecule has 1 amide bonds. The van der Waals surface area contributed by atoms with Gasteiger partial charge in [-0.1, -0.05) is 59.2 Å². The van der Waals surface area contributed by atoms with Crippen LogP contribution in [0.4, 0.5) is 10.5 Å². The van der Waals surface area contributed by atoms with Gasteiger partial charge in [-0.05, 0) is 45.2 Å². The van der Waals surface area contributed by atoms with E-state index in [2.05, 4.69) is 4.99 Å². The molecule has 2 aromatic rings. The van der Waals surface area contributed by atoms with Crippen molar-refractivity contribution in [3.05, 3.63) is 70.3 Å². The highest BCUT2D eigenvalue weighted by Gasteiger charge is 2.44. The van der Waals surface area contributed by atoms with Crippen molar-refractivity contribution in [1.82, 2.24) is 14.3 Å². The Morgan fingerprint density at radius 2 is 1.78 bits per heavy atom. The minimum Gasteiger partial charge on any atom is -0.444 e. The Morgan fingerprint density at radius 1 is 1.15 bits per heavy atom. The number of nitro groups is 1. The number of aliphatic imine (C=N–C) groups is 1. The summed E-state index contributed by atoms with van der Waals surface area (Å²) < 4.78 is 34.4. The van der Waals surface area contributed by atoms with Crippen LogP contribution in [0.15, 0.2) is 64.5 Å². The van der Waals surface area contributed by atoms with Crippen molar-refractivity contribution < 1.29 is 27.7 Å². The average Bonchev–Trinajstić information content (AvgIpc) is 2.91. The summed E-state index contributed by atoms with van der Waals surface area (Å²) in [5.41, 5.74) is -0.728. The van der Waals surface area contributed by atoms with Gasteiger partial charge >= 0.3 is 6.09 Å². The van der Waals surface area contributed by atoms with Crippen LogP contribution >= 0.6 is 12.2 Å². The normalized spacial score (nSPS) is 18.0. The Morgan fingerprint density at radius 3 is 2.39 bits per heavy atom. The van der Waals surface area contributed by atoms with Crippen molar-refractivity contribution in [2.75, 3.05) is 20.6 Å². The summed E-state index contributed by atoms with van der Waals surface area (Å²) in [6.07, 6.45) is 1.32. The summed E-state index contributed by atoms with van der Waals surface area (Å²) >= 11 is 5.53. The van der Waals surface area contributed by atoms with Gasteiger partial charge in [-0.15, -0.1) is 0 Å². The van der Waals surface area contributed by atoms with E-state index in [1.165, 1.54) is 23.4 Å². The molecule has 1 fully saturated rings. The number of nitro benzene ring substituents is 1. The monoisotopic (exact) mass is 605 g/mol. The zero-order valence-corrected chi connectivity index (χ0v) is 25.3. The lowest BCUT2D eigenvalue weighted by atomic mass is 9.99. The maximum Gasteiger partial charge on any atom is 0.410 e. The topological polar surface area (TPSA) is 135 Å². The maximum absolute atomic E-state index is 14.0. The first kappa shape index (κ1) is 32.1. The van der Waals surface area contributed by atoms with E-state index >= 15 is 0 Å². The molecule has 14 heteroatoms. The molecule has 12 nitrogen and oxygen atoms in total. The van der Waals surface area contributed by atoms with Crippen LogP contribution in [0, 0.1) is 10.1 Å². The molecule has 0 aromatic heterocycles. The quantitative estimate of drug-likeness (QED) is 0.134. The number of rotatable bonds is 9. The van der Waals surface area contributed by atoms with E-state index in [1.807, 2.05) is 6.07 Å². The number of hydrogen-bond acceptors (Lipinski definition) is 8. The highest BCUT2D eigenvalue weighted by molar-refractivity contribution is 7.89. The first-order valence-corrected chi connectivity index (χ1v) is 14.7. The van der Waals surface area contributed by atoms with Gasteiger partial charge in [0.2, 0.25) is 0 Å². The van der Waals surface area contributed by atoms with Crippen LogP contribution in [-0.4, -0.2) is 83.4 Å². The molecule has 0 radical (unpaired) electrons. The maximum atomic E-state index is 14.0. The van der Waals surface area contributed by atoms with Gasteiger partial charge in [-0.25, -0.2) is 18.2 Å². The summed E-state index contributed by atoms with van der Waals surface area (Å²) in [6, 6.07) is 12.4. The minimum atomic E-state index is -4.57. The molecule has 0 bridgehead atoms. The van der Waals surface area contributed by atoms with Gasteiger partial charge in [-0.2, -0.15) is 0 Å². The number of thiocarbonyl (C=S) groups is 1. The van der Waals surface area contributed by atoms with Gasteiger partial charge in [0.15, 0.2) is 4.90 Å². The number of piperidine rings is 1. The molecule has 1 aliphatic rings. The number of hydrogen-bond donors (Lipinski definition) is 0. The zero-order chi connectivity index (χ0) is 30.4. The van der Waals surface area contributed by atoms with Crippen molar-refractivity contribution in [2.24, 2.45) is 4.99 Å². The molecule has 1 aliphatic heterocycles. The van der Waals surface area contributed by atoms with Crippen LogP contribution in [-0.2, 0) is 26.2 Å². The van der Waals surface area contributed by atoms with Crippen LogP contribution in [0.2, 0.25) is 0 Å². The van der Waals surface area contributed by atoms with Crippen LogP contribution < -0.4 is 0 Å². The number of benzene rings is 2. The summed E-state index contributed by atoms with van der Waals surface area (Å²) in [4.78, 5) is 37.3. The molecule has 1 heterocycles. The fourth-order valence-corrected chi connectivity index (χ4v) is 6.07. The van der Waals surface area contributed by atoms with Crippen molar-refractivity contribution in [1.29, 1.82) is 0 Å². The number of hydroxylamine groups is 1. The molecule has 1 saturated heterocycles. The lowest BCUT2D eigenvalue weighted by molar-refractivity contribution is -0.388. The fraction of sp³-hybridized carbons (Fsp3) is 0.444. The molecule has 0 spiro atoms. The molecule has 2 aromatic carbocycles. The largest absolute Gasteiger partial charge is 0.444 e. The molecular weight excluding hydrogens is 570 g/mol. The first-order valence-electron chi connectivity index (χ1n) is 12.9.